The van der Waals surface area contributed by atoms with Gasteiger partial charge in [0.2, 0.25) is 11.5 Å². The third-order valence-corrected chi connectivity index (χ3v) is 18.4. The molecule has 2 aliphatic heterocycles. The van der Waals surface area contributed by atoms with Gasteiger partial charge in [0.25, 0.3) is 35.4 Å². The average Bonchev–Trinajstić information content (AvgIpc) is 0.713. The van der Waals surface area contributed by atoms with Crippen LogP contribution in [0.3, 0.4) is 0 Å². The van der Waals surface area contributed by atoms with Gasteiger partial charge in [0.05, 0.1) is 39.6 Å². The van der Waals surface area contributed by atoms with Crippen LogP contribution in [0.1, 0.15) is 335 Å². The number of unbranched alkanes of at least 4 members (excludes halogenated alkanes) is 30. The number of imide groups is 2. The number of rotatable bonds is 56. The summed E-state index contributed by atoms with van der Waals surface area (Å²) in [4.78, 5) is 88.3. The van der Waals surface area contributed by atoms with Crippen molar-refractivity contribution in [1.29, 1.82) is 0 Å². The molecule has 4 aromatic rings. The third-order valence-electron chi connectivity index (χ3n) is 18.4. The number of hydrogen-bond donors (Lipinski definition) is 2. The van der Waals surface area contributed by atoms with Crippen LogP contribution in [0.5, 0.6) is 34.5 Å². The summed E-state index contributed by atoms with van der Waals surface area (Å²) in [6, 6.07) is 12.9. The molecule has 16 nitrogen and oxygen atoms in total. The topological polar surface area (TPSA) is 188 Å². The summed E-state index contributed by atoms with van der Waals surface area (Å²) in [7, 11) is 0. The molecule has 2 N–H and O–H groups in total. The highest BCUT2D eigenvalue weighted by Gasteiger charge is 2.40. The number of benzene rings is 4. The van der Waals surface area contributed by atoms with E-state index in [1.165, 1.54) is 140 Å². The second kappa shape index (κ2) is 45.6. The highest BCUT2D eigenvalue weighted by atomic mass is 16.5. The molecular formula is C80H120N4O12. The lowest BCUT2D eigenvalue weighted by Crippen LogP contribution is -2.46. The van der Waals surface area contributed by atoms with Crippen molar-refractivity contribution in [2.24, 2.45) is 0 Å². The van der Waals surface area contributed by atoms with Gasteiger partial charge in [-0.2, -0.15) is 0 Å². The molecule has 0 fully saturated rings. The summed E-state index contributed by atoms with van der Waals surface area (Å²) >= 11 is 0. The normalized spacial score (nSPS) is 12.6. The molecule has 532 valence electrons. The second-order valence-electron chi connectivity index (χ2n) is 26.4. The fraction of sp³-hybridized carbons (Fsp3) is 0.650. The lowest BCUT2D eigenvalue weighted by atomic mass is 9.86. The zero-order valence-corrected chi connectivity index (χ0v) is 59.9. The number of carbonyl (C=O) groups is 6. The molecule has 0 saturated heterocycles. The molecule has 6 rings (SSSR count). The van der Waals surface area contributed by atoms with Crippen molar-refractivity contribution < 1.29 is 57.2 Å². The van der Waals surface area contributed by atoms with Gasteiger partial charge < -0.3 is 39.1 Å². The smallest absolute Gasteiger partial charge is 0.261 e. The van der Waals surface area contributed by atoms with E-state index in [4.69, 9.17) is 28.4 Å². The minimum atomic E-state index is -0.609. The molecule has 0 bridgehead atoms. The Labute approximate surface area is 576 Å². The number of ether oxygens (including phenoxy) is 6. The van der Waals surface area contributed by atoms with E-state index in [2.05, 4.69) is 52.2 Å². The summed E-state index contributed by atoms with van der Waals surface area (Å²) in [5.74, 6) is -0.513. The van der Waals surface area contributed by atoms with Crippen LogP contribution in [0.4, 0.5) is 0 Å². The molecule has 6 amide bonds. The van der Waals surface area contributed by atoms with Crippen LogP contribution in [-0.2, 0) is 0 Å². The van der Waals surface area contributed by atoms with E-state index < -0.39 is 35.4 Å². The standard InChI is InChI=1S/C80H120N4O12/c1-7-13-19-25-31-37-51-91-67-57-61(58-68(92-52-38-32-26-20-14-8-2)73(67)95-55-41-35-29-23-17-11-5)75(85)81-47-49-83-77(87)63-43-45-65-72-66(46-44-64(71(63)72)78(83)88)80(90)84(79(65)89)50-48-82-76(86)62-59-69(93-53-39-33-27-21-15-9-3)74(96-56-42-36-30-24-18-12-6)70(60-62)94-54-40-34-28-22-16-10-4/h43-46,57-60H,7-42,47-56H2,1-6H3,(H,81,85)(H,82,86). The number of nitrogens with one attached hydrogen (secondary N) is 2. The zero-order chi connectivity index (χ0) is 68.5. The molecule has 0 unspecified atom stereocenters. The largest absolute Gasteiger partial charge is 0.490 e. The van der Waals surface area contributed by atoms with Crippen molar-refractivity contribution in [2.75, 3.05) is 65.8 Å². The molecule has 2 aliphatic rings. The van der Waals surface area contributed by atoms with E-state index in [0.29, 0.717) is 85.3 Å². The lowest BCUT2D eigenvalue weighted by Gasteiger charge is -2.32. The predicted molar refractivity (Wildman–Crippen MR) is 385 cm³/mol. The van der Waals surface area contributed by atoms with Gasteiger partial charge in [0.15, 0.2) is 23.0 Å². The SMILES string of the molecule is CCCCCCCCOc1cc(C(=O)NCCN2C(=O)c3ccc4c5c(ccc(c35)C2=O)C(=O)N(CCNC(=O)c2cc(OCCCCCCCC)c(OCCCCCCCC)c(OCCCCCCCC)c2)C4=O)cc(OCCCCCCCC)c1OCCCCCCCC. The number of amides is 6. The quantitative estimate of drug-likeness (QED) is 0.0315. The van der Waals surface area contributed by atoms with Crippen LogP contribution in [-0.4, -0.2) is 111 Å². The van der Waals surface area contributed by atoms with Gasteiger partial charge in [-0.05, 0) is 87.1 Å². The minimum Gasteiger partial charge on any atom is -0.490 e. The number of carbonyl (C=O) groups excluding carboxylic acids is 6. The predicted octanol–water partition coefficient (Wildman–Crippen LogP) is 19.3. The minimum absolute atomic E-state index is 0.0625. The van der Waals surface area contributed by atoms with Gasteiger partial charge in [-0.25, -0.2) is 0 Å². The Morgan fingerprint density at radius 3 is 0.740 bits per heavy atom. The Morgan fingerprint density at radius 2 is 0.510 bits per heavy atom. The summed E-state index contributed by atoms with van der Waals surface area (Å²) in [5.41, 5.74) is 1.26. The van der Waals surface area contributed by atoms with E-state index in [1.807, 2.05) is 0 Å². The Morgan fingerprint density at radius 1 is 0.302 bits per heavy atom. The van der Waals surface area contributed by atoms with E-state index in [0.717, 1.165) is 125 Å². The Hall–Kier alpha value is -6.84. The van der Waals surface area contributed by atoms with Crippen LogP contribution < -0.4 is 39.1 Å². The van der Waals surface area contributed by atoms with E-state index in [1.54, 1.807) is 24.3 Å². The second-order valence-corrected chi connectivity index (χ2v) is 26.4. The molecule has 0 aliphatic carbocycles. The first-order valence-corrected chi connectivity index (χ1v) is 38.0. The molecular weight excluding hydrogens is 1210 g/mol. The Kier molecular flexibility index (Phi) is 37.1. The first-order valence-electron chi connectivity index (χ1n) is 38.0. The maximum atomic E-state index is 14.4. The van der Waals surface area contributed by atoms with Crippen molar-refractivity contribution in [1.82, 2.24) is 20.4 Å². The Bertz CT molecular complexity index is 2670. The third kappa shape index (κ3) is 24.9. The molecule has 0 radical (unpaired) electrons. The molecule has 0 spiro atoms. The van der Waals surface area contributed by atoms with Gasteiger partial charge in [-0.3, -0.25) is 38.6 Å². The van der Waals surface area contributed by atoms with Crippen molar-refractivity contribution in [3.05, 3.63) is 81.9 Å². The molecule has 2 heterocycles. The highest BCUT2D eigenvalue weighted by Crippen LogP contribution is 2.42. The molecule has 96 heavy (non-hydrogen) atoms. The monoisotopic (exact) mass is 1330 g/mol. The molecule has 16 heteroatoms. The first kappa shape index (κ1) is 78.2. The van der Waals surface area contributed by atoms with Crippen LogP contribution >= 0.6 is 0 Å². The summed E-state index contributed by atoms with van der Waals surface area (Å²) in [6.45, 7) is 15.6. The maximum absolute atomic E-state index is 14.4. The average molecular weight is 1330 g/mol. The van der Waals surface area contributed by atoms with Gasteiger partial charge in [0.1, 0.15) is 0 Å². The van der Waals surface area contributed by atoms with Gasteiger partial charge in [-0.15, -0.1) is 0 Å². The van der Waals surface area contributed by atoms with Gasteiger partial charge in [-0.1, -0.05) is 234 Å². The van der Waals surface area contributed by atoms with E-state index in [-0.39, 0.29) is 59.2 Å². The van der Waals surface area contributed by atoms with Crippen LogP contribution in [0.15, 0.2) is 48.5 Å². The molecule has 0 aromatic heterocycles. The fourth-order valence-electron chi connectivity index (χ4n) is 12.6. The number of nitrogens with zero attached hydrogens (tertiary/aromatic N) is 2. The number of hydrogen-bond acceptors (Lipinski definition) is 12. The fourth-order valence-corrected chi connectivity index (χ4v) is 12.6. The zero-order valence-electron chi connectivity index (χ0n) is 59.9. The summed E-state index contributed by atoms with van der Waals surface area (Å²) < 4.78 is 38.8. The van der Waals surface area contributed by atoms with Crippen LogP contribution in [0, 0.1) is 0 Å². The van der Waals surface area contributed by atoms with Crippen LogP contribution in [0.25, 0.3) is 10.8 Å². The van der Waals surface area contributed by atoms with Crippen LogP contribution in [0.2, 0.25) is 0 Å². The Balaban J connectivity index is 1.14. The van der Waals surface area contributed by atoms with E-state index >= 15 is 0 Å². The van der Waals surface area contributed by atoms with Gasteiger partial charge >= 0.3 is 0 Å². The van der Waals surface area contributed by atoms with Gasteiger partial charge in [0, 0.05) is 70.3 Å². The van der Waals surface area contributed by atoms with E-state index in [9.17, 15) is 28.8 Å². The van der Waals surface area contributed by atoms with Crippen molar-refractivity contribution in [3.63, 3.8) is 0 Å². The molecule has 0 atom stereocenters. The maximum Gasteiger partial charge on any atom is 0.261 e. The molecule has 4 aromatic carbocycles. The summed E-state index contributed by atoms with van der Waals surface area (Å²) in [6.07, 6.45) is 39.7. The van der Waals surface area contributed by atoms with Crippen molar-refractivity contribution >= 4 is 46.2 Å². The van der Waals surface area contributed by atoms with Crippen molar-refractivity contribution in [3.8, 4) is 34.5 Å². The summed E-state index contributed by atoms with van der Waals surface area (Å²) in [5, 5.41) is 6.36. The molecule has 0 saturated carbocycles. The lowest BCUT2D eigenvalue weighted by molar-refractivity contribution is 0.0588. The first-order chi connectivity index (χ1) is 47.0. The van der Waals surface area contributed by atoms with Crippen molar-refractivity contribution in [2.45, 2.75) is 273 Å². The highest BCUT2D eigenvalue weighted by molar-refractivity contribution is 6.33.